The molecule has 0 spiro atoms. The van der Waals surface area contributed by atoms with E-state index in [2.05, 4.69) is 10.3 Å². The number of hydrogen-bond acceptors (Lipinski definition) is 5. The summed E-state index contributed by atoms with van der Waals surface area (Å²) in [5.74, 6) is -0.121. The summed E-state index contributed by atoms with van der Waals surface area (Å²) >= 11 is 0. The van der Waals surface area contributed by atoms with Crippen molar-refractivity contribution < 1.29 is 14.3 Å². The van der Waals surface area contributed by atoms with Crippen molar-refractivity contribution in [1.29, 1.82) is 0 Å². The molecule has 9 nitrogen and oxygen atoms in total. The van der Waals surface area contributed by atoms with Crippen molar-refractivity contribution in [2.24, 2.45) is 0 Å². The van der Waals surface area contributed by atoms with Crippen LogP contribution in [0, 0.1) is 0 Å². The van der Waals surface area contributed by atoms with Crippen LogP contribution in [0.2, 0.25) is 0 Å². The first-order chi connectivity index (χ1) is 13.0. The van der Waals surface area contributed by atoms with Crippen molar-refractivity contribution in [3.8, 4) is 0 Å². The second-order valence-electron chi connectivity index (χ2n) is 6.26. The highest BCUT2D eigenvalue weighted by molar-refractivity contribution is 5.77. The number of amides is 2. The summed E-state index contributed by atoms with van der Waals surface area (Å²) in [4.78, 5) is 50.2. The lowest BCUT2D eigenvalue weighted by atomic mass is 10.1. The van der Waals surface area contributed by atoms with E-state index in [-0.39, 0.29) is 31.5 Å². The van der Waals surface area contributed by atoms with E-state index < -0.39 is 17.3 Å². The Hall–Kier alpha value is -3.36. The topological polar surface area (TPSA) is 113 Å². The molecule has 2 aromatic rings. The summed E-state index contributed by atoms with van der Waals surface area (Å²) in [6.07, 6.45) is 0.977. The fourth-order valence-corrected chi connectivity index (χ4v) is 2.70. The van der Waals surface area contributed by atoms with Crippen LogP contribution in [-0.4, -0.2) is 45.6 Å². The lowest BCUT2D eigenvalue weighted by Crippen LogP contribution is -2.61. The van der Waals surface area contributed by atoms with Gasteiger partial charge in [0.2, 0.25) is 5.91 Å². The van der Waals surface area contributed by atoms with Gasteiger partial charge in [0, 0.05) is 38.3 Å². The molecule has 1 aliphatic heterocycles. The smallest absolute Gasteiger partial charge is 0.407 e. The minimum Gasteiger partial charge on any atom is -0.445 e. The van der Waals surface area contributed by atoms with Gasteiger partial charge in [-0.25, -0.2) is 9.59 Å². The second-order valence-corrected chi connectivity index (χ2v) is 6.26. The largest absolute Gasteiger partial charge is 0.445 e. The highest BCUT2D eigenvalue weighted by Crippen LogP contribution is 2.10. The molecular weight excluding hydrogens is 352 g/mol. The van der Waals surface area contributed by atoms with Crippen molar-refractivity contribution in [2.75, 3.05) is 13.1 Å². The average molecular weight is 372 g/mol. The number of carbonyl (C=O) groups is 2. The number of aryl methyl sites for hydroxylation is 1. The van der Waals surface area contributed by atoms with Gasteiger partial charge in [0.15, 0.2) is 0 Å². The van der Waals surface area contributed by atoms with Crippen LogP contribution in [0.4, 0.5) is 4.79 Å². The molecule has 142 valence electrons. The van der Waals surface area contributed by atoms with Gasteiger partial charge in [0.1, 0.15) is 6.61 Å². The van der Waals surface area contributed by atoms with E-state index in [1.165, 1.54) is 16.8 Å². The molecule has 0 unspecified atom stereocenters. The minimum absolute atomic E-state index is 0.121. The first-order valence-electron chi connectivity index (χ1n) is 8.56. The zero-order valence-electron chi connectivity index (χ0n) is 14.6. The molecule has 2 N–H and O–H groups in total. The summed E-state index contributed by atoms with van der Waals surface area (Å²) in [7, 11) is 0. The molecule has 2 amide bonds. The van der Waals surface area contributed by atoms with Gasteiger partial charge in [-0.3, -0.25) is 14.6 Å². The Morgan fingerprint density at radius 2 is 1.89 bits per heavy atom. The summed E-state index contributed by atoms with van der Waals surface area (Å²) in [6, 6.07) is 10.4. The monoisotopic (exact) mass is 372 g/mol. The molecule has 1 aliphatic rings. The number of rotatable bonds is 6. The summed E-state index contributed by atoms with van der Waals surface area (Å²) in [5.41, 5.74) is -0.117. The second kappa shape index (κ2) is 8.35. The van der Waals surface area contributed by atoms with Gasteiger partial charge < -0.3 is 19.5 Å². The molecule has 0 saturated carbocycles. The van der Waals surface area contributed by atoms with Crippen molar-refractivity contribution >= 4 is 12.0 Å². The predicted octanol–water partition coefficient (Wildman–Crippen LogP) is 0.0639. The van der Waals surface area contributed by atoms with Crippen LogP contribution in [0.15, 0.2) is 52.2 Å². The highest BCUT2D eigenvalue weighted by Gasteiger charge is 2.31. The van der Waals surface area contributed by atoms with E-state index in [0.29, 0.717) is 13.1 Å². The number of nitrogens with zero attached hydrogens (tertiary/aromatic N) is 2. The average Bonchev–Trinajstić information content (AvgIpc) is 2.62. The maximum absolute atomic E-state index is 12.1. The quantitative estimate of drug-likeness (QED) is 0.745. The third-order valence-corrected chi connectivity index (χ3v) is 4.23. The minimum atomic E-state index is -0.542. The predicted molar refractivity (Wildman–Crippen MR) is 96.1 cm³/mol. The first kappa shape index (κ1) is 18.4. The van der Waals surface area contributed by atoms with Gasteiger partial charge in [0.25, 0.3) is 5.56 Å². The van der Waals surface area contributed by atoms with Gasteiger partial charge in [-0.05, 0) is 5.56 Å². The van der Waals surface area contributed by atoms with Gasteiger partial charge in [-0.1, -0.05) is 30.3 Å². The molecule has 1 aromatic heterocycles. The van der Waals surface area contributed by atoms with E-state index in [4.69, 9.17) is 4.74 Å². The Labute approximate surface area is 154 Å². The van der Waals surface area contributed by atoms with E-state index in [1.54, 1.807) is 4.90 Å². The van der Waals surface area contributed by atoms with E-state index >= 15 is 0 Å². The number of H-pyrrole nitrogens is 1. The fraction of sp³-hybridized carbons (Fsp3) is 0.333. The number of ether oxygens (including phenoxy) is 1. The molecule has 1 fully saturated rings. The number of alkyl carbamates (subject to hydrolysis) is 1. The molecule has 0 bridgehead atoms. The highest BCUT2D eigenvalue weighted by atomic mass is 16.5. The van der Waals surface area contributed by atoms with E-state index in [0.717, 1.165) is 5.56 Å². The van der Waals surface area contributed by atoms with Gasteiger partial charge in [-0.2, -0.15) is 0 Å². The molecule has 27 heavy (non-hydrogen) atoms. The van der Waals surface area contributed by atoms with Crippen LogP contribution in [0.3, 0.4) is 0 Å². The molecule has 0 radical (unpaired) electrons. The maximum Gasteiger partial charge on any atom is 0.407 e. The SMILES string of the molecule is O=C(NC1CN(C(=O)CCn2ccc(=O)[nH]c2=O)C1)OCc1ccccc1. The third kappa shape index (κ3) is 5.06. The molecule has 1 saturated heterocycles. The van der Waals surface area contributed by atoms with Crippen LogP contribution in [0.25, 0.3) is 0 Å². The van der Waals surface area contributed by atoms with Crippen LogP contribution in [0.1, 0.15) is 12.0 Å². The lowest BCUT2D eigenvalue weighted by molar-refractivity contribution is -0.136. The third-order valence-electron chi connectivity index (χ3n) is 4.23. The lowest BCUT2D eigenvalue weighted by Gasteiger charge is -2.39. The van der Waals surface area contributed by atoms with Crippen molar-refractivity contribution in [2.45, 2.75) is 25.6 Å². The normalized spacial score (nSPS) is 13.7. The zero-order valence-corrected chi connectivity index (χ0v) is 14.6. The number of aromatic nitrogens is 2. The van der Waals surface area contributed by atoms with Crippen molar-refractivity contribution in [3.63, 3.8) is 0 Å². The summed E-state index contributed by atoms with van der Waals surface area (Å²) < 4.78 is 6.41. The maximum atomic E-state index is 12.1. The number of benzene rings is 1. The number of aromatic amines is 1. The molecule has 9 heteroatoms. The fourth-order valence-electron chi connectivity index (χ4n) is 2.70. The van der Waals surface area contributed by atoms with E-state index in [1.807, 2.05) is 30.3 Å². The number of hydrogen-bond donors (Lipinski definition) is 2. The zero-order chi connectivity index (χ0) is 19.2. The van der Waals surface area contributed by atoms with Crippen LogP contribution in [0.5, 0.6) is 0 Å². The number of nitrogens with one attached hydrogen (secondary N) is 2. The Bertz CT molecular complexity index is 915. The molecule has 0 atom stereocenters. The number of likely N-dealkylation sites (tertiary alicyclic amines) is 1. The molecule has 3 rings (SSSR count). The molecular formula is C18H20N4O5. The van der Waals surface area contributed by atoms with Gasteiger partial charge >= 0.3 is 11.8 Å². The van der Waals surface area contributed by atoms with Crippen molar-refractivity contribution in [1.82, 2.24) is 19.8 Å². The van der Waals surface area contributed by atoms with E-state index in [9.17, 15) is 19.2 Å². The Morgan fingerprint density at radius 3 is 2.59 bits per heavy atom. The van der Waals surface area contributed by atoms with Gasteiger partial charge in [-0.15, -0.1) is 0 Å². The standard InChI is InChI=1S/C18H20N4O5/c23-15-6-8-21(17(25)20-15)9-7-16(24)22-10-14(11-22)19-18(26)27-12-13-4-2-1-3-5-13/h1-6,8,14H,7,9-12H2,(H,19,26)(H,20,23,25). The Kier molecular flexibility index (Phi) is 5.70. The molecule has 2 heterocycles. The first-order valence-corrected chi connectivity index (χ1v) is 8.56. The molecule has 0 aliphatic carbocycles. The Morgan fingerprint density at radius 1 is 1.15 bits per heavy atom. The van der Waals surface area contributed by atoms with Crippen LogP contribution >= 0.6 is 0 Å². The number of carbonyl (C=O) groups excluding carboxylic acids is 2. The summed E-state index contributed by atoms with van der Waals surface area (Å²) in [5, 5.41) is 2.71. The van der Waals surface area contributed by atoms with Crippen LogP contribution < -0.4 is 16.6 Å². The molecule has 1 aromatic carbocycles. The Balaban J connectivity index is 1.36. The summed E-state index contributed by atoms with van der Waals surface area (Å²) in [6.45, 7) is 1.18. The van der Waals surface area contributed by atoms with Crippen molar-refractivity contribution in [3.05, 3.63) is 69.0 Å². The van der Waals surface area contributed by atoms with Gasteiger partial charge in [0.05, 0.1) is 6.04 Å². The van der Waals surface area contributed by atoms with Crippen LogP contribution in [-0.2, 0) is 22.7 Å².